The molecule has 0 aromatic heterocycles. The summed E-state index contributed by atoms with van der Waals surface area (Å²) in [7, 11) is 0. The van der Waals surface area contributed by atoms with Crippen molar-refractivity contribution in [2.45, 2.75) is 19.9 Å². The number of aryl methyl sites for hydroxylation is 1. The zero-order valence-corrected chi connectivity index (χ0v) is 12.2. The van der Waals surface area contributed by atoms with Gasteiger partial charge in [0, 0.05) is 11.7 Å². The van der Waals surface area contributed by atoms with E-state index < -0.39 is 0 Å². The van der Waals surface area contributed by atoms with Gasteiger partial charge in [0.1, 0.15) is 5.82 Å². The molecule has 0 spiro atoms. The highest BCUT2D eigenvalue weighted by Gasteiger charge is 2.08. The van der Waals surface area contributed by atoms with Crippen molar-refractivity contribution in [3.63, 3.8) is 0 Å². The third kappa shape index (κ3) is 2.89. The quantitative estimate of drug-likeness (QED) is 0.671. The van der Waals surface area contributed by atoms with Crippen LogP contribution in [-0.4, -0.2) is 0 Å². The predicted octanol–water partition coefficient (Wildman–Crippen LogP) is 5.46. The van der Waals surface area contributed by atoms with E-state index in [0.717, 1.165) is 11.3 Å². The van der Waals surface area contributed by atoms with Crippen LogP contribution in [0.3, 0.4) is 0 Å². The Morgan fingerprint density at radius 2 is 1.67 bits per heavy atom. The SMILES string of the molecule is Cc1ccc(C(C)Nc2ccc3ccccc3c2)cc1F. The molecule has 1 nitrogen and oxygen atoms in total. The Morgan fingerprint density at radius 3 is 2.43 bits per heavy atom. The zero-order chi connectivity index (χ0) is 14.8. The maximum atomic E-state index is 13.7. The van der Waals surface area contributed by atoms with E-state index in [1.54, 1.807) is 13.0 Å². The third-order valence-corrected chi connectivity index (χ3v) is 3.83. The average Bonchev–Trinajstić information content (AvgIpc) is 2.50. The molecule has 1 unspecified atom stereocenters. The largest absolute Gasteiger partial charge is 0.379 e. The van der Waals surface area contributed by atoms with Gasteiger partial charge < -0.3 is 5.32 Å². The van der Waals surface area contributed by atoms with Crippen LogP contribution in [0.5, 0.6) is 0 Å². The molecule has 0 aliphatic carbocycles. The number of hydrogen-bond acceptors (Lipinski definition) is 1. The second-order valence-corrected chi connectivity index (χ2v) is 5.44. The number of rotatable bonds is 3. The van der Waals surface area contributed by atoms with E-state index in [1.165, 1.54) is 10.8 Å². The molecule has 3 aromatic rings. The highest BCUT2D eigenvalue weighted by atomic mass is 19.1. The molecule has 2 heteroatoms. The maximum absolute atomic E-state index is 13.7. The van der Waals surface area contributed by atoms with E-state index in [-0.39, 0.29) is 11.9 Å². The molecule has 0 aliphatic rings. The lowest BCUT2D eigenvalue weighted by Gasteiger charge is -2.16. The number of hydrogen-bond donors (Lipinski definition) is 1. The lowest BCUT2D eigenvalue weighted by molar-refractivity contribution is 0.614. The Morgan fingerprint density at radius 1 is 0.905 bits per heavy atom. The minimum absolute atomic E-state index is 0.0567. The van der Waals surface area contributed by atoms with Crippen molar-refractivity contribution in [1.29, 1.82) is 0 Å². The summed E-state index contributed by atoms with van der Waals surface area (Å²) in [6, 6.07) is 20.0. The van der Waals surface area contributed by atoms with Crippen LogP contribution in [0, 0.1) is 12.7 Å². The second kappa shape index (κ2) is 5.57. The fourth-order valence-corrected chi connectivity index (χ4v) is 2.49. The van der Waals surface area contributed by atoms with E-state index in [2.05, 4.69) is 35.6 Å². The van der Waals surface area contributed by atoms with Crippen LogP contribution in [0.2, 0.25) is 0 Å². The summed E-state index contributed by atoms with van der Waals surface area (Å²) in [6.45, 7) is 3.82. The summed E-state index contributed by atoms with van der Waals surface area (Å²) in [5, 5.41) is 5.85. The number of halogens is 1. The van der Waals surface area contributed by atoms with Crippen molar-refractivity contribution in [1.82, 2.24) is 0 Å². The first-order chi connectivity index (χ1) is 10.1. The summed E-state index contributed by atoms with van der Waals surface area (Å²) in [5.41, 5.74) is 2.67. The summed E-state index contributed by atoms with van der Waals surface area (Å²) in [4.78, 5) is 0. The standard InChI is InChI=1S/C19H18FN/c1-13-7-8-16(12-19(13)20)14(2)21-18-10-9-15-5-3-4-6-17(15)11-18/h3-12,14,21H,1-2H3. The first-order valence-electron chi connectivity index (χ1n) is 7.15. The Hall–Kier alpha value is -2.35. The van der Waals surface area contributed by atoms with E-state index in [1.807, 2.05) is 31.2 Å². The average molecular weight is 279 g/mol. The van der Waals surface area contributed by atoms with E-state index in [0.29, 0.717) is 5.56 Å². The summed E-state index contributed by atoms with van der Waals surface area (Å²) in [6.07, 6.45) is 0. The van der Waals surface area contributed by atoms with Crippen molar-refractivity contribution < 1.29 is 4.39 Å². The van der Waals surface area contributed by atoms with Crippen LogP contribution in [0.4, 0.5) is 10.1 Å². The summed E-state index contributed by atoms with van der Waals surface area (Å²) >= 11 is 0. The normalized spacial score (nSPS) is 12.3. The Bertz CT molecular complexity index is 779. The van der Waals surface area contributed by atoms with Gasteiger partial charge in [-0.25, -0.2) is 4.39 Å². The van der Waals surface area contributed by atoms with Gasteiger partial charge in [0.2, 0.25) is 0 Å². The third-order valence-electron chi connectivity index (χ3n) is 3.83. The smallest absolute Gasteiger partial charge is 0.126 e. The molecular formula is C19H18FN. The van der Waals surface area contributed by atoms with Gasteiger partial charge in [0.15, 0.2) is 0 Å². The number of nitrogens with one attached hydrogen (secondary N) is 1. The molecule has 1 N–H and O–H groups in total. The molecule has 0 aliphatic heterocycles. The highest BCUT2D eigenvalue weighted by Crippen LogP contribution is 2.24. The number of anilines is 1. The molecule has 0 saturated carbocycles. The van der Waals surface area contributed by atoms with Gasteiger partial charge in [-0.05, 0) is 53.9 Å². The summed E-state index contributed by atoms with van der Waals surface area (Å²) < 4.78 is 13.7. The molecule has 3 rings (SSSR count). The number of fused-ring (bicyclic) bond motifs is 1. The van der Waals surface area contributed by atoms with Gasteiger partial charge in [-0.15, -0.1) is 0 Å². The van der Waals surface area contributed by atoms with Crippen molar-refractivity contribution in [2.24, 2.45) is 0 Å². The summed E-state index contributed by atoms with van der Waals surface area (Å²) in [5.74, 6) is -0.153. The van der Waals surface area contributed by atoms with Crippen molar-refractivity contribution >= 4 is 16.5 Å². The van der Waals surface area contributed by atoms with Crippen LogP contribution < -0.4 is 5.32 Å². The first-order valence-corrected chi connectivity index (χ1v) is 7.15. The van der Waals surface area contributed by atoms with Crippen LogP contribution in [0.1, 0.15) is 24.1 Å². The lowest BCUT2D eigenvalue weighted by Crippen LogP contribution is -2.07. The number of benzene rings is 3. The molecule has 0 saturated heterocycles. The Kier molecular flexibility index (Phi) is 3.61. The van der Waals surface area contributed by atoms with E-state index in [4.69, 9.17) is 0 Å². The minimum Gasteiger partial charge on any atom is -0.379 e. The Balaban J connectivity index is 1.85. The topological polar surface area (TPSA) is 12.0 Å². The van der Waals surface area contributed by atoms with Crippen molar-refractivity contribution in [3.05, 3.63) is 77.6 Å². The minimum atomic E-state index is -0.153. The van der Waals surface area contributed by atoms with E-state index >= 15 is 0 Å². The maximum Gasteiger partial charge on any atom is 0.126 e. The molecule has 0 bridgehead atoms. The van der Waals surface area contributed by atoms with Gasteiger partial charge >= 0.3 is 0 Å². The van der Waals surface area contributed by atoms with Crippen LogP contribution in [-0.2, 0) is 0 Å². The molecular weight excluding hydrogens is 261 g/mol. The van der Waals surface area contributed by atoms with Crippen LogP contribution in [0.25, 0.3) is 10.8 Å². The molecule has 21 heavy (non-hydrogen) atoms. The molecule has 0 heterocycles. The first kappa shape index (κ1) is 13.6. The predicted molar refractivity (Wildman–Crippen MR) is 87.1 cm³/mol. The lowest BCUT2D eigenvalue weighted by atomic mass is 10.0. The van der Waals surface area contributed by atoms with Crippen LogP contribution in [0.15, 0.2) is 60.7 Å². The molecule has 0 amide bonds. The van der Waals surface area contributed by atoms with Crippen molar-refractivity contribution in [2.75, 3.05) is 5.32 Å². The fraction of sp³-hybridized carbons (Fsp3) is 0.158. The van der Waals surface area contributed by atoms with Gasteiger partial charge in [0.05, 0.1) is 0 Å². The van der Waals surface area contributed by atoms with Crippen molar-refractivity contribution in [3.8, 4) is 0 Å². The van der Waals surface area contributed by atoms with E-state index in [9.17, 15) is 4.39 Å². The highest BCUT2D eigenvalue weighted by molar-refractivity contribution is 5.85. The monoisotopic (exact) mass is 279 g/mol. The fourth-order valence-electron chi connectivity index (χ4n) is 2.49. The molecule has 106 valence electrons. The molecule has 3 aromatic carbocycles. The molecule has 0 radical (unpaired) electrons. The second-order valence-electron chi connectivity index (χ2n) is 5.44. The van der Waals surface area contributed by atoms with Gasteiger partial charge in [-0.2, -0.15) is 0 Å². The molecule has 1 atom stereocenters. The Labute approximate surface area is 124 Å². The van der Waals surface area contributed by atoms with Crippen LogP contribution >= 0.6 is 0 Å². The molecule has 0 fully saturated rings. The van der Waals surface area contributed by atoms with Gasteiger partial charge in [-0.1, -0.05) is 42.5 Å². The zero-order valence-electron chi connectivity index (χ0n) is 12.2. The van der Waals surface area contributed by atoms with Gasteiger partial charge in [-0.3, -0.25) is 0 Å². The van der Waals surface area contributed by atoms with Gasteiger partial charge in [0.25, 0.3) is 0 Å².